The first-order chi connectivity index (χ1) is 7.79. The van der Waals surface area contributed by atoms with E-state index in [1.54, 1.807) is 6.92 Å². The van der Waals surface area contributed by atoms with Crippen LogP contribution < -0.4 is 5.73 Å². The number of methoxy groups -OCH3 is 1. The van der Waals surface area contributed by atoms with Crippen LogP contribution in [0.25, 0.3) is 0 Å². The summed E-state index contributed by atoms with van der Waals surface area (Å²) in [6, 6.07) is 0. The molecule has 1 atom stereocenters. The zero-order valence-corrected chi connectivity index (χ0v) is 11.3. The number of rotatable bonds is 4. The van der Waals surface area contributed by atoms with Crippen LogP contribution in [0.15, 0.2) is 0 Å². The van der Waals surface area contributed by atoms with Crippen LogP contribution in [0.4, 0.5) is 0 Å². The lowest BCUT2D eigenvalue weighted by Gasteiger charge is -2.43. The summed E-state index contributed by atoms with van der Waals surface area (Å²) in [5.41, 5.74) is 5.03. The Balaban J connectivity index is 2.52. The average molecular weight is 244 g/mol. The molecular weight excluding hydrogens is 220 g/mol. The van der Waals surface area contributed by atoms with Crippen LogP contribution in [0, 0.1) is 0 Å². The molecule has 0 aromatic carbocycles. The van der Waals surface area contributed by atoms with Gasteiger partial charge in [-0.15, -0.1) is 0 Å². The minimum absolute atomic E-state index is 0.00441. The third-order valence-corrected chi connectivity index (χ3v) is 3.37. The Morgan fingerprint density at radius 1 is 1.59 bits per heavy atom. The average Bonchev–Trinajstić information content (AvgIpc) is 2.25. The highest BCUT2D eigenvalue weighted by Gasteiger charge is 2.34. The molecule has 5 nitrogen and oxygen atoms in total. The normalized spacial score (nSPS) is 24.1. The summed E-state index contributed by atoms with van der Waals surface area (Å²) < 4.78 is 10.2. The predicted octanol–water partition coefficient (Wildman–Crippen LogP) is 0.378. The van der Waals surface area contributed by atoms with E-state index in [9.17, 15) is 4.79 Å². The molecule has 1 fully saturated rings. The lowest BCUT2D eigenvalue weighted by Crippen LogP contribution is -2.56. The molecule has 0 aromatic heterocycles. The molecule has 1 aliphatic heterocycles. The highest BCUT2D eigenvalue weighted by molar-refractivity contribution is 5.79. The monoisotopic (exact) mass is 244 g/mol. The van der Waals surface area contributed by atoms with Crippen molar-refractivity contribution in [3.05, 3.63) is 0 Å². The maximum absolute atomic E-state index is 11.5. The summed E-state index contributed by atoms with van der Waals surface area (Å²) in [5, 5.41) is 0. The van der Waals surface area contributed by atoms with E-state index in [0.29, 0.717) is 13.0 Å². The van der Waals surface area contributed by atoms with Gasteiger partial charge in [-0.1, -0.05) is 0 Å². The Morgan fingerprint density at radius 3 is 2.76 bits per heavy atom. The molecule has 0 radical (unpaired) electrons. The zero-order chi connectivity index (χ0) is 13.1. The van der Waals surface area contributed by atoms with Gasteiger partial charge >= 0.3 is 5.97 Å². The SMILES string of the molecule is COC(=O)C(C)(N)CCN1CCOCC1(C)C. The molecule has 0 aliphatic carbocycles. The fourth-order valence-corrected chi connectivity index (χ4v) is 2.01. The Bertz CT molecular complexity index is 277. The van der Waals surface area contributed by atoms with Gasteiger partial charge < -0.3 is 15.2 Å². The van der Waals surface area contributed by atoms with Crippen molar-refractivity contribution in [1.29, 1.82) is 0 Å². The Hall–Kier alpha value is -0.650. The number of nitrogens with zero attached hydrogens (tertiary/aromatic N) is 1. The van der Waals surface area contributed by atoms with Gasteiger partial charge in [0.25, 0.3) is 0 Å². The van der Waals surface area contributed by atoms with Crippen molar-refractivity contribution in [1.82, 2.24) is 4.90 Å². The number of hydrogen-bond acceptors (Lipinski definition) is 5. The highest BCUT2D eigenvalue weighted by Crippen LogP contribution is 2.20. The molecule has 17 heavy (non-hydrogen) atoms. The lowest BCUT2D eigenvalue weighted by atomic mass is 9.96. The van der Waals surface area contributed by atoms with Crippen molar-refractivity contribution in [2.45, 2.75) is 38.3 Å². The van der Waals surface area contributed by atoms with Crippen molar-refractivity contribution < 1.29 is 14.3 Å². The first kappa shape index (κ1) is 14.4. The second kappa shape index (κ2) is 5.33. The number of morpholine rings is 1. The van der Waals surface area contributed by atoms with Gasteiger partial charge in [-0.3, -0.25) is 9.69 Å². The van der Waals surface area contributed by atoms with E-state index >= 15 is 0 Å². The van der Waals surface area contributed by atoms with Crippen LogP contribution in [0.3, 0.4) is 0 Å². The van der Waals surface area contributed by atoms with E-state index in [-0.39, 0.29) is 11.5 Å². The summed E-state index contributed by atoms with van der Waals surface area (Å²) in [4.78, 5) is 13.8. The van der Waals surface area contributed by atoms with Gasteiger partial charge in [0.2, 0.25) is 0 Å². The molecule has 5 heteroatoms. The number of ether oxygens (including phenoxy) is 2. The first-order valence-electron chi connectivity index (χ1n) is 6.00. The summed E-state index contributed by atoms with van der Waals surface area (Å²) in [6.07, 6.45) is 0.586. The third kappa shape index (κ3) is 3.66. The van der Waals surface area contributed by atoms with Gasteiger partial charge in [0.1, 0.15) is 5.54 Å². The van der Waals surface area contributed by atoms with Crippen molar-refractivity contribution in [3.8, 4) is 0 Å². The lowest BCUT2D eigenvalue weighted by molar-refractivity contribution is -0.147. The van der Waals surface area contributed by atoms with Gasteiger partial charge in [0.15, 0.2) is 0 Å². The van der Waals surface area contributed by atoms with Crippen LogP contribution in [0.1, 0.15) is 27.2 Å². The van der Waals surface area contributed by atoms with Crippen molar-refractivity contribution in [2.75, 3.05) is 33.4 Å². The Morgan fingerprint density at radius 2 is 2.24 bits per heavy atom. The minimum Gasteiger partial charge on any atom is -0.468 e. The van der Waals surface area contributed by atoms with E-state index in [0.717, 1.165) is 19.7 Å². The van der Waals surface area contributed by atoms with Crippen molar-refractivity contribution in [2.24, 2.45) is 5.73 Å². The van der Waals surface area contributed by atoms with Crippen LogP contribution in [0.5, 0.6) is 0 Å². The molecule has 0 amide bonds. The van der Waals surface area contributed by atoms with E-state index in [4.69, 9.17) is 15.2 Å². The van der Waals surface area contributed by atoms with Gasteiger partial charge in [-0.2, -0.15) is 0 Å². The molecule has 1 saturated heterocycles. The molecule has 1 aliphatic rings. The highest BCUT2D eigenvalue weighted by atomic mass is 16.5. The molecule has 1 rings (SSSR count). The standard InChI is InChI=1S/C12H24N2O3/c1-11(2)9-17-8-7-14(11)6-5-12(3,13)10(15)16-4/h5-9,13H2,1-4H3. The summed E-state index contributed by atoms with van der Waals surface area (Å²) in [5.74, 6) is -0.358. The van der Waals surface area contributed by atoms with E-state index < -0.39 is 5.54 Å². The maximum Gasteiger partial charge on any atom is 0.325 e. The first-order valence-corrected chi connectivity index (χ1v) is 6.00. The topological polar surface area (TPSA) is 64.8 Å². The molecule has 100 valence electrons. The number of hydrogen-bond donors (Lipinski definition) is 1. The molecule has 1 heterocycles. The number of carbonyl (C=O) groups excluding carboxylic acids is 1. The fraction of sp³-hybridized carbons (Fsp3) is 0.917. The Labute approximate surface area is 103 Å². The quantitative estimate of drug-likeness (QED) is 0.724. The van der Waals surface area contributed by atoms with Gasteiger partial charge in [-0.25, -0.2) is 0 Å². The van der Waals surface area contributed by atoms with Crippen molar-refractivity contribution >= 4 is 5.97 Å². The number of nitrogens with two attached hydrogens (primary N) is 1. The molecule has 1 unspecified atom stereocenters. The van der Waals surface area contributed by atoms with Gasteiger partial charge in [0.05, 0.1) is 20.3 Å². The second-order valence-corrected chi connectivity index (χ2v) is 5.51. The Kier molecular flexibility index (Phi) is 4.52. The van der Waals surface area contributed by atoms with Gasteiger partial charge in [0, 0.05) is 18.6 Å². The molecular formula is C12H24N2O3. The second-order valence-electron chi connectivity index (χ2n) is 5.51. The van der Waals surface area contributed by atoms with Crippen molar-refractivity contribution in [3.63, 3.8) is 0 Å². The fourth-order valence-electron chi connectivity index (χ4n) is 2.01. The number of carbonyl (C=O) groups is 1. The molecule has 0 saturated carbocycles. The van der Waals surface area contributed by atoms with Crippen LogP contribution in [-0.2, 0) is 14.3 Å². The number of esters is 1. The molecule has 0 aromatic rings. The summed E-state index contributed by atoms with van der Waals surface area (Å²) in [7, 11) is 1.37. The van der Waals surface area contributed by atoms with Gasteiger partial charge in [-0.05, 0) is 27.2 Å². The summed E-state index contributed by atoms with van der Waals surface area (Å²) >= 11 is 0. The predicted molar refractivity (Wildman–Crippen MR) is 65.7 cm³/mol. The van der Waals surface area contributed by atoms with E-state index in [1.807, 2.05) is 0 Å². The minimum atomic E-state index is -0.914. The molecule has 0 spiro atoms. The smallest absolute Gasteiger partial charge is 0.325 e. The van der Waals surface area contributed by atoms with E-state index in [1.165, 1.54) is 7.11 Å². The zero-order valence-electron chi connectivity index (χ0n) is 11.3. The van der Waals surface area contributed by atoms with Crippen LogP contribution >= 0.6 is 0 Å². The third-order valence-electron chi connectivity index (χ3n) is 3.37. The van der Waals surface area contributed by atoms with Crippen LogP contribution in [-0.4, -0.2) is 55.4 Å². The van der Waals surface area contributed by atoms with E-state index in [2.05, 4.69) is 18.7 Å². The summed E-state index contributed by atoms with van der Waals surface area (Å²) in [6.45, 7) is 9.10. The molecule has 2 N–H and O–H groups in total. The largest absolute Gasteiger partial charge is 0.468 e. The van der Waals surface area contributed by atoms with Crippen LogP contribution in [0.2, 0.25) is 0 Å². The maximum atomic E-state index is 11.5. The molecule has 0 bridgehead atoms.